The van der Waals surface area contributed by atoms with E-state index >= 15 is 0 Å². The van der Waals surface area contributed by atoms with Gasteiger partial charge in [0.1, 0.15) is 5.82 Å². The largest absolute Gasteiger partial charge is 0.302 e. The first kappa shape index (κ1) is 13.3. The Kier molecular flexibility index (Phi) is 3.79. The Balaban J connectivity index is 1.81. The molecule has 3 heteroatoms. The predicted octanol–water partition coefficient (Wildman–Crippen LogP) is 3.95. The zero-order chi connectivity index (χ0) is 13.9. The van der Waals surface area contributed by atoms with E-state index in [2.05, 4.69) is 16.4 Å². The number of aryl methyl sites for hydroxylation is 1. The maximum atomic E-state index is 13.8. The van der Waals surface area contributed by atoms with Gasteiger partial charge in [0.2, 0.25) is 0 Å². The van der Waals surface area contributed by atoms with Crippen molar-refractivity contribution in [3.63, 3.8) is 0 Å². The summed E-state index contributed by atoms with van der Waals surface area (Å²) < 4.78 is 13.8. The molecule has 1 N–H and O–H groups in total. The fourth-order valence-corrected chi connectivity index (χ4v) is 2.99. The van der Waals surface area contributed by atoms with Crippen LogP contribution in [0.3, 0.4) is 0 Å². The molecule has 0 fully saturated rings. The van der Waals surface area contributed by atoms with E-state index in [0.29, 0.717) is 0 Å². The maximum absolute atomic E-state index is 13.8. The zero-order valence-electron chi connectivity index (χ0n) is 11.6. The molecule has 0 radical (unpaired) electrons. The molecule has 1 unspecified atom stereocenters. The Morgan fingerprint density at radius 1 is 1.25 bits per heavy atom. The summed E-state index contributed by atoms with van der Waals surface area (Å²) in [6.07, 6.45) is 5.14. The molecule has 1 aliphatic carbocycles. The molecule has 0 aliphatic heterocycles. The van der Waals surface area contributed by atoms with Crippen LogP contribution in [-0.4, -0.2) is 4.98 Å². The second-order valence-electron chi connectivity index (χ2n) is 5.40. The molecule has 1 heterocycles. The van der Waals surface area contributed by atoms with Gasteiger partial charge in [0, 0.05) is 17.8 Å². The second-order valence-corrected chi connectivity index (χ2v) is 5.40. The molecule has 104 valence electrons. The summed E-state index contributed by atoms with van der Waals surface area (Å²) in [5.41, 5.74) is 3.16. The Labute approximate surface area is 119 Å². The highest BCUT2D eigenvalue weighted by molar-refractivity contribution is 5.27. The number of hydrogen-bond donors (Lipinski definition) is 1. The number of hydrogen-bond acceptors (Lipinski definition) is 2. The van der Waals surface area contributed by atoms with Crippen molar-refractivity contribution in [1.29, 1.82) is 0 Å². The van der Waals surface area contributed by atoms with E-state index in [9.17, 15) is 4.39 Å². The molecule has 2 atom stereocenters. The standard InChI is InChI=1S/C17H19FN2/c1-12(14-8-2-3-9-15(14)18)20-16-10-4-6-13-7-5-11-19-17(13)16/h2-3,5,7-9,11-12,16,20H,4,6,10H2,1H3/t12-,16?/m1/s1. The molecule has 0 bridgehead atoms. The third-order valence-electron chi connectivity index (χ3n) is 4.02. The Bertz CT molecular complexity index is 597. The lowest BCUT2D eigenvalue weighted by Gasteiger charge is -2.28. The Morgan fingerprint density at radius 3 is 2.95 bits per heavy atom. The van der Waals surface area contributed by atoms with Crippen LogP contribution >= 0.6 is 0 Å². The molecule has 1 aliphatic rings. The number of nitrogens with one attached hydrogen (secondary N) is 1. The van der Waals surface area contributed by atoms with Crippen LogP contribution in [0.25, 0.3) is 0 Å². The SMILES string of the molecule is C[C@@H](NC1CCCc2cccnc21)c1ccccc1F. The van der Waals surface area contributed by atoms with Gasteiger partial charge in [0.25, 0.3) is 0 Å². The minimum atomic E-state index is -0.149. The summed E-state index contributed by atoms with van der Waals surface area (Å²) in [7, 11) is 0. The number of fused-ring (bicyclic) bond motifs is 1. The third kappa shape index (κ3) is 2.59. The fraction of sp³-hybridized carbons (Fsp3) is 0.353. The van der Waals surface area contributed by atoms with Crippen molar-refractivity contribution >= 4 is 0 Å². The molecule has 1 aromatic heterocycles. The Morgan fingerprint density at radius 2 is 2.10 bits per heavy atom. The average Bonchev–Trinajstić information content (AvgIpc) is 2.48. The van der Waals surface area contributed by atoms with Crippen molar-refractivity contribution in [2.24, 2.45) is 0 Å². The van der Waals surface area contributed by atoms with E-state index in [4.69, 9.17) is 0 Å². The lowest BCUT2D eigenvalue weighted by molar-refractivity contribution is 0.399. The highest BCUT2D eigenvalue weighted by atomic mass is 19.1. The number of nitrogens with zero attached hydrogens (tertiary/aromatic N) is 1. The van der Waals surface area contributed by atoms with Gasteiger partial charge in [-0.15, -0.1) is 0 Å². The number of benzene rings is 1. The normalized spacial score (nSPS) is 19.4. The monoisotopic (exact) mass is 270 g/mol. The van der Waals surface area contributed by atoms with Crippen LogP contribution in [-0.2, 0) is 6.42 Å². The van der Waals surface area contributed by atoms with E-state index in [1.165, 1.54) is 11.6 Å². The number of rotatable bonds is 3. The van der Waals surface area contributed by atoms with Crippen LogP contribution in [0.1, 0.15) is 48.7 Å². The molecule has 3 rings (SSSR count). The van der Waals surface area contributed by atoms with Gasteiger partial charge in [-0.2, -0.15) is 0 Å². The van der Waals surface area contributed by atoms with E-state index < -0.39 is 0 Å². The summed E-state index contributed by atoms with van der Waals surface area (Å²) in [6.45, 7) is 2.01. The highest BCUT2D eigenvalue weighted by Crippen LogP contribution is 2.30. The summed E-state index contributed by atoms with van der Waals surface area (Å²) >= 11 is 0. The van der Waals surface area contributed by atoms with Crippen LogP contribution in [0.4, 0.5) is 4.39 Å². The third-order valence-corrected chi connectivity index (χ3v) is 4.02. The zero-order valence-corrected chi connectivity index (χ0v) is 11.6. The first-order valence-corrected chi connectivity index (χ1v) is 7.20. The molecule has 0 saturated carbocycles. The summed E-state index contributed by atoms with van der Waals surface area (Å²) in [6, 6.07) is 11.3. The summed E-state index contributed by atoms with van der Waals surface area (Å²) in [5, 5.41) is 3.53. The van der Waals surface area contributed by atoms with Crippen LogP contribution in [0.15, 0.2) is 42.6 Å². The average molecular weight is 270 g/mol. The lowest BCUT2D eigenvalue weighted by atomic mass is 9.91. The van der Waals surface area contributed by atoms with Crippen molar-refractivity contribution in [2.45, 2.75) is 38.3 Å². The molecule has 1 aromatic carbocycles. The predicted molar refractivity (Wildman–Crippen MR) is 77.9 cm³/mol. The quantitative estimate of drug-likeness (QED) is 0.913. The molecular weight excluding hydrogens is 251 g/mol. The van der Waals surface area contributed by atoms with Crippen molar-refractivity contribution in [2.75, 3.05) is 0 Å². The first-order valence-electron chi connectivity index (χ1n) is 7.20. The molecule has 2 aromatic rings. The number of aromatic nitrogens is 1. The van der Waals surface area contributed by atoms with Gasteiger partial charge in [-0.05, 0) is 43.9 Å². The maximum Gasteiger partial charge on any atom is 0.127 e. The van der Waals surface area contributed by atoms with Crippen LogP contribution in [0.5, 0.6) is 0 Å². The molecule has 0 amide bonds. The smallest absolute Gasteiger partial charge is 0.127 e. The minimum Gasteiger partial charge on any atom is -0.302 e. The van der Waals surface area contributed by atoms with Gasteiger partial charge in [-0.3, -0.25) is 4.98 Å². The molecule has 0 saturated heterocycles. The molecule has 20 heavy (non-hydrogen) atoms. The number of pyridine rings is 1. The van der Waals surface area contributed by atoms with E-state index in [-0.39, 0.29) is 17.9 Å². The summed E-state index contributed by atoms with van der Waals surface area (Å²) in [5.74, 6) is -0.149. The molecule has 2 nitrogen and oxygen atoms in total. The van der Waals surface area contributed by atoms with Crippen molar-refractivity contribution in [1.82, 2.24) is 10.3 Å². The molecular formula is C17H19FN2. The highest BCUT2D eigenvalue weighted by Gasteiger charge is 2.23. The lowest BCUT2D eigenvalue weighted by Crippen LogP contribution is -2.29. The molecule has 0 spiro atoms. The summed E-state index contributed by atoms with van der Waals surface area (Å²) in [4.78, 5) is 4.51. The van der Waals surface area contributed by atoms with Gasteiger partial charge >= 0.3 is 0 Å². The minimum absolute atomic E-state index is 0.0193. The van der Waals surface area contributed by atoms with Gasteiger partial charge in [0.05, 0.1) is 11.7 Å². The van der Waals surface area contributed by atoms with Crippen LogP contribution in [0.2, 0.25) is 0 Å². The first-order chi connectivity index (χ1) is 9.75. The van der Waals surface area contributed by atoms with E-state index in [1.54, 1.807) is 6.07 Å². The van der Waals surface area contributed by atoms with Crippen LogP contribution < -0.4 is 5.32 Å². The van der Waals surface area contributed by atoms with Gasteiger partial charge in [-0.1, -0.05) is 24.3 Å². The van der Waals surface area contributed by atoms with Crippen molar-refractivity contribution in [3.05, 3.63) is 65.2 Å². The van der Waals surface area contributed by atoms with Gasteiger partial charge in [-0.25, -0.2) is 4.39 Å². The van der Waals surface area contributed by atoms with Gasteiger partial charge in [0.15, 0.2) is 0 Å². The van der Waals surface area contributed by atoms with Gasteiger partial charge < -0.3 is 5.32 Å². The second kappa shape index (κ2) is 5.71. The van der Waals surface area contributed by atoms with Crippen molar-refractivity contribution < 1.29 is 4.39 Å². The van der Waals surface area contributed by atoms with E-state index in [1.807, 2.05) is 31.3 Å². The van der Waals surface area contributed by atoms with Crippen molar-refractivity contribution in [3.8, 4) is 0 Å². The topological polar surface area (TPSA) is 24.9 Å². The number of halogens is 1. The Hall–Kier alpha value is -1.74. The van der Waals surface area contributed by atoms with Crippen LogP contribution in [0, 0.1) is 5.82 Å². The van der Waals surface area contributed by atoms with E-state index in [0.717, 1.165) is 30.5 Å². The fourth-order valence-electron chi connectivity index (χ4n) is 2.99.